The van der Waals surface area contributed by atoms with Crippen LogP contribution < -0.4 is 0 Å². The molecule has 2 atom stereocenters. The fraction of sp³-hybridized carbons (Fsp3) is 0.696. The highest BCUT2D eigenvalue weighted by Gasteiger charge is 2.30. The van der Waals surface area contributed by atoms with Crippen molar-refractivity contribution in [2.45, 2.75) is 43.8 Å². The van der Waals surface area contributed by atoms with Crippen LogP contribution in [-0.4, -0.2) is 99.7 Å². The lowest BCUT2D eigenvalue weighted by Crippen LogP contribution is -2.48. The van der Waals surface area contributed by atoms with Crippen molar-refractivity contribution in [3.8, 4) is 0 Å². The molecule has 8 nitrogen and oxygen atoms in total. The quantitative estimate of drug-likeness (QED) is 0.658. The molecule has 9 heteroatoms. The number of carbonyl (C=O) groups is 1. The van der Waals surface area contributed by atoms with Gasteiger partial charge in [0.2, 0.25) is 10.0 Å². The van der Waals surface area contributed by atoms with E-state index in [1.165, 1.54) is 10.4 Å². The minimum absolute atomic E-state index is 0.0869. The van der Waals surface area contributed by atoms with Gasteiger partial charge >= 0.3 is 0 Å². The molecule has 0 radical (unpaired) electrons. The minimum atomic E-state index is -3.62. The van der Waals surface area contributed by atoms with Crippen molar-refractivity contribution >= 4 is 15.9 Å². The van der Waals surface area contributed by atoms with Crippen molar-refractivity contribution in [2.75, 3.05) is 59.0 Å². The van der Waals surface area contributed by atoms with E-state index >= 15 is 0 Å². The van der Waals surface area contributed by atoms with Crippen molar-refractivity contribution in [1.29, 1.82) is 0 Å². The van der Waals surface area contributed by atoms with E-state index in [1.807, 2.05) is 4.90 Å². The third kappa shape index (κ3) is 5.51. The molecule has 1 aromatic rings. The van der Waals surface area contributed by atoms with Gasteiger partial charge in [-0.2, -0.15) is 4.31 Å². The number of nitrogens with zero attached hydrogens (tertiary/aromatic N) is 3. The molecule has 3 aliphatic rings. The van der Waals surface area contributed by atoms with Crippen molar-refractivity contribution in [2.24, 2.45) is 5.92 Å². The number of likely N-dealkylation sites (tertiary alicyclic amines) is 1. The molecule has 1 amide bonds. The SMILES string of the molecule is C[C@@H]1CN(CC2CCN(C(=O)c3cccc(S(=O)(=O)N4CCOCC4)c3)CC2)C[C@@H](C)O1. The smallest absolute Gasteiger partial charge is 0.253 e. The summed E-state index contributed by atoms with van der Waals surface area (Å²) in [4.78, 5) is 17.6. The number of morpholine rings is 2. The Bertz CT molecular complexity index is 885. The van der Waals surface area contributed by atoms with Crippen LogP contribution in [0.25, 0.3) is 0 Å². The van der Waals surface area contributed by atoms with Gasteiger partial charge in [0.25, 0.3) is 5.91 Å². The molecule has 0 bridgehead atoms. The predicted octanol–water partition coefficient (Wildman–Crippen LogP) is 1.67. The minimum Gasteiger partial charge on any atom is -0.379 e. The van der Waals surface area contributed by atoms with Gasteiger partial charge in [0.1, 0.15) is 0 Å². The lowest BCUT2D eigenvalue weighted by molar-refractivity contribution is -0.0728. The molecule has 0 unspecified atom stereocenters. The monoisotopic (exact) mass is 465 g/mol. The van der Waals surface area contributed by atoms with Gasteiger partial charge in [0.05, 0.1) is 30.3 Å². The van der Waals surface area contributed by atoms with Crippen LogP contribution in [-0.2, 0) is 19.5 Å². The highest BCUT2D eigenvalue weighted by Crippen LogP contribution is 2.24. The van der Waals surface area contributed by atoms with Crippen molar-refractivity contribution < 1.29 is 22.7 Å². The topological polar surface area (TPSA) is 79.4 Å². The molecule has 0 aromatic heterocycles. The highest BCUT2D eigenvalue weighted by molar-refractivity contribution is 7.89. The molecular formula is C23H35N3O5S. The van der Waals surface area contributed by atoms with E-state index in [9.17, 15) is 13.2 Å². The van der Waals surface area contributed by atoms with Gasteiger partial charge in [0, 0.05) is 51.4 Å². The van der Waals surface area contributed by atoms with E-state index in [1.54, 1.807) is 18.2 Å². The zero-order chi connectivity index (χ0) is 22.7. The first-order valence-corrected chi connectivity index (χ1v) is 13.1. The van der Waals surface area contributed by atoms with Crippen LogP contribution in [0.4, 0.5) is 0 Å². The molecule has 178 valence electrons. The fourth-order valence-electron chi connectivity index (χ4n) is 5.03. The predicted molar refractivity (Wildman–Crippen MR) is 121 cm³/mol. The van der Waals surface area contributed by atoms with E-state index in [0.29, 0.717) is 50.9 Å². The van der Waals surface area contributed by atoms with Crippen molar-refractivity contribution in [1.82, 2.24) is 14.1 Å². The van der Waals surface area contributed by atoms with Crippen LogP contribution in [0.15, 0.2) is 29.2 Å². The number of carbonyl (C=O) groups excluding carboxylic acids is 1. The third-order valence-corrected chi connectivity index (χ3v) is 8.50. The molecule has 4 rings (SSSR count). The van der Waals surface area contributed by atoms with Crippen molar-refractivity contribution in [3.05, 3.63) is 29.8 Å². The largest absolute Gasteiger partial charge is 0.379 e. The maximum Gasteiger partial charge on any atom is 0.253 e. The van der Waals surface area contributed by atoms with Crippen LogP contribution >= 0.6 is 0 Å². The summed E-state index contributed by atoms with van der Waals surface area (Å²) in [5.41, 5.74) is 0.439. The molecule has 0 saturated carbocycles. The lowest BCUT2D eigenvalue weighted by Gasteiger charge is -2.39. The second kappa shape index (κ2) is 10.2. The standard InChI is InChI=1S/C23H35N3O5S/c1-18-15-24(16-19(2)31-18)17-20-6-8-25(9-7-20)23(27)21-4-3-5-22(14-21)32(28,29)26-10-12-30-13-11-26/h3-5,14,18-20H,6-13,15-17H2,1-2H3/t18-,19-/m1/s1. The average Bonchev–Trinajstić information content (AvgIpc) is 2.79. The van der Waals surface area contributed by atoms with Gasteiger partial charge in [-0.25, -0.2) is 8.42 Å². The summed E-state index contributed by atoms with van der Waals surface area (Å²) in [6.07, 6.45) is 2.47. The molecule has 3 fully saturated rings. The Balaban J connectivity index is 1.35. The first-order valence-electron chi connectivity index (χ1n) is 11.7. The second-order valence-corrected chi connectivity index (χ2v) is 11.2. The summed E-state index contributed by atoms with van der Waals surface area (Å²) < 4.78 is 38.4. The molecule has 3 aliphatic heterocycles. The number of rotatable bonds is 5. The van der Waals surface area contributed by atoms with Crippen LogP contribution in [0.5, 0.6) is 0 Å². The van der Waals surface area contributed by atoms with E-state index in [4.69, 9.17) is 9.47 Å². The van der Waals surface area contributed by atoms with Crippen LogP contribution in [0.1, 0.15) is 37.0 Å². The van der Waals surface area contributed by atoms with Gasteiger partial charge in [-0.1, -0.05) is 6.07 Å². The normalized spacial score (nSPS) is 26.9. The zero-order valence-electron chi connectivity index (χ0n) is 19.1. The van der Waals surface area contributed by atoms with E-state index < -0.39 is 10.0 Å². The Hall–Kier alpha value is -1.52. The molecule has 3 saturated heterocycles. The van der Waals surface area contributed by atoms with Crippen molar-refractivity contribution in [3.63, 3.8) is 0 Å². The Morgan fingerprint density at radius 2 is 1.69 bits per heavy atom. The number of sulfonamides is 1. The maximum absolute atomic E-state index is 13.1. The first-order chi connectivity index (χ1) is 15.3. The molecular weight excluding hydrogens is 430 g/mol. The zero-order valence-corrected chi connectivity index (χ0v) is 19.9. The molecule has 0 spiro atoms. The summed E-state index contributed by atoms with van der Waals surface area (Å²) >= 11 is 0. The number of piperidine rings is 1. The first kappa shape index (κ1) is 23.6. The number of ether oxygens (including phenoxy) is 2. The molecule has 1 aromatic carbocycles. The number of hydrogen-bond acceptors (Lipinski definition) is 6. The van der Waals surface area contributed by atoms with E-state index in [2.05, 4.69) is 18.7 Å². The Morgan fingerprint density at radius 3 is 2.34 bits per heavy atom. The Kier molecular flexibility index (Phi) is 7.51. The third-order valence-electron chi connectivity index (χ3n) is 6.60. The Morgan fingerprint density at radius 1 is 1.03 bits per heavy atom. The van der Waals surface area contributed by atoms with Crippen LogP contribution in [0.2, 0.25) is 0 Å². The van der Waals surface area contributed by atoms with Crippen LogP contribution in [0, 0.1) is 5.92 Å². The number of amides is 1. The second-order valence-electron chi connectivity index (χ2n) is 9.26. The van der Waals surface area contributed by atoms with Gasteiger partial charge in [0.15, 0.2) is 0 Å². The van der Waals surface area contributed by atoms with E-state index in [-0.39, 0.29) is 23.0 Å². The fourth-order valence-corrected chi connectivity index (χ4v) is 6.48. The summed E-state index contributed by atoms with van der Waals surface area (Å²) in [6.45, 7) is 10.1. The Labute approximate surface area is 191 Å². The molecule has 32 heavy (non-hydrogen) atoms. The summed E-state index contributed by atoms with van der Waals surface area (Å²) in [5.74, 6) is 0.487. The van der Waals surface area contributed by atoms with Gasteiger partial charge < -0.3 is 14.4 Å². The molecule has 3 heterocycles. The average molecular weight is 466 g/mol. The maximum atomic E-state index is 13.1. The molecule has 0 aliphatic carbocycles. The highest BCUT2D eigenvalue weighted by atomic mass is 32.2. The van der Waals surface area contributed by atoms with E-state index in [0.717, 1.165) is 32.5 Å². The summed E-state index contributed by atoms with van der Waals surface area (Å²) in [6, 6.07) is 6.46. The molecule has 0 N–H and O–H groups in total. The number of hydrogen-bond donors (Lipinski definition) is 0. The lowest BCUT2D eigenvalue weighted by atomic mass is 9.95. The van der Waals surface area contributed by atoms with Gasteiger partial charge in [-0.3, -0.25) is 9.69 Å². The van der Waals surface area contributed by atoms with Gasteiger partial charge in [-0.15, -0.1) is 0 Å². The summed E-state index contributed by atoms with van der Waals surface area (Å²) in [5, 5.41) is 0. The van der Waals surface area contributed by atoms with Crippen LogP contribution in [0.3, 0.4) is 0 Å². The number of benzene rings is 1. The van der Waals surface area contributed by atoms with Gasteiger partial charge in [-0.05, 0) is 50.8 Å². The summed E-state index contributed by atoms with van der Waals surface area (Å²) in [7, 11) is -3.62.